The van der Waals surface area contributed by atoms with Gasteiger partial charge in [0.05, 0.1) is 23.1 Å². The molecule has 0 aromatic heterocycles. The lowest BCUT2D eigenvalue weighted by Gasteiger charge is -2.41. The molecular formula is C25H29Cl2N3O3S. The van der Waals surface area contributed by atoms with Crippen molar-refractivity contribution in [3.8, 4) is 0 Å². The second-order valence-electron chi connectivity index (χ2n) is 8.86. The minimum absolute atomic E-state index is 0.108. The normalized spacial score (nSPS) is 23.2. The molecule has 2 aromatic rings. The van der Waals surface area contributed by atoms with Gasteiger partial charge in [0.15, 0.2) is 0 Å². The first-order valence-electron chi connectivity index (χ1n) is 11.2. The fourth-order valence-electron chi connectivity index (χ4n) is 4.99. The third kappa shape index (κ3) is 4.84. The molecule has 0 saturated heterocycles. The average molecular weight is 522 g/mol. The third-order valence-corrected chi connectivity index (χ3v) is 8.80. The number of hydrogen-bond acceptors (Lipinski definition) is 5. The molecule has 0 amide bonds. The molecule has 2 aliphatic carbocycles. The summed E-state index contributed by atoms with van der Waals surface area (Å²) < 4.78 is 26.5. The number of hydrogen-bond donors (Lipinski definition) is 3. The standard InChI is InChI=1S/C25H29Cl2N3O3S/c1-3-5-15(2)34(32,33)30(28)23-7-4-6-22(25(23)31)29-24-20-10-8-18(26)13-16(20)12-17-14-19(27)9-11-21(17)24/h3,5,8-11,13-14,22-25,29,31H,2,4,6-7,12,28H2,1H3/b5-3-/t22-,23+,25+/m0/s1. The number of hydrazine groups is 1. The van der Waals surface area contributed by atoms with Crippen LogP contribution in [-0.4, -0.2) is 36.1 Å². The van der Waals surface area contributed by atoms with Crippen molar-refractivity contribution in [3.63, 3.8) is 0 Å². The molecule has 2 aromatic carbocycles. The van der Waals surface area contributed by atoms with E-state index in [1.54, 1.807) is 13.0 Å². The van der Waals surface area contributed by atoms with Gasteiger partial charge in [-0.1, -0.05) is 54.4 Å². The summed E-state index contributed by atoms with van der Waals surface area (Å²) in [5, 5.41) is 16.2. The summed E-state index contributed by atoms with van der Waals surface area (Å²) in [6.45, 7) is 5.32. The number of fused-ring (bicyclic) bond motifs is 2. The zero-order valence-electron chi connectivity index (χ0n) is 18.9. The number of aliphatic hydroxyl groups excluding tert-OH is 1. The van der Waals surface area contributed by atoms with Gasteiger partial charge in [-0.3, -0.25) is 5.84 Å². The molecule has 182 valence electrons. The van der Waals surface area contributed by atoms with Crippen LogP contribution in [0.25, 0.3) is 0 Å². The van der Waals surface area contributed by atoms with E-state index < -0.39 is 22.2 Å². The van der Waals surface area contributed by atoms with Gasteiger partial charge in [0.2, 0.25) is 0 Å². The Morgan fingerprint density at radius 2 is 1.74 bits per heavy atom. The SMILES string of the molecule is C=C(/C=C\C)S(=O)(=O)N(N)[C@@H]1CCC[C@H](NC2c3ccc(Cl)cc3Cc3cc(Cl)ccc32)[C@H]1O. The van der Waals surface area contributed by atoms with Crippen LogP contribution in [0.5, 0.6) is 0 Å². The lowest BCUT2D eigenvalue weighted by atomic mass is 9.80. The van der Waals surface area contributed by atoms with E-state index in [2.05, 4.69) is 11.9 Å². The quantitative estimate of drug-likeness (QED) is 0.296. The first-order chi connectivity index (χ1) is 16.1. The van der Waals surface area contributed by atoms with Crippen molar-refractivity contribution >= 4 is 33.2 Å². The largest absolute Gasteiger partial charge is 0.390 e. The molecule has 0 unspecified atom stereocenters. The summed E-state index contributed by atoms with van der Waals surface area (Å²) >= 11 is 12.5. The summed E-state index contributed by atoms with van der Waals surface area (Å²) in [7, 11) is -3.98. The van der Waals surface area contributed by atoms with Crippen molar-refractivity contribution in [2.24, 2.45) is 5.84 Å². The van der Waals surface area contributed by atoms with E-state index in [-0.39, 0.29) is 17.0 Å². The Bertz CT molecular complexity index is 1180. The Morgan fingerprint density at radius 3 is 2.29 bits per heavy atom. The number of sulfonamides is 1. The third-order valence-electron chi connectivity index (χ3n) is 6.70. The average Bonchev–Trinajstić information content (AvgIpc) is 2.79. The number of allylic oxidation sites excluding steroid dienone is 2. The molecule has 0 aliphatic heterocycles. The summed E-state index contributed by atoms with van der Waals surface area (Å²) in [4.78, 5) is -0.108. The zero-order chi connectivity index (χ0) is 24.6. The monoisotopic (exact) mass is 521 g/mol. The number of rotatable bonds is 6. The van der Waals surface area contributed by atoms with Crippen molar-refractivity contribution in [3.05, 3.63) is 92.3 Å². The highest BCUT2D eigenvalue weighted by Crippen LogP contribution is 2.39. The number of aliphatic hydroxyl groups is 1. The first kappa shape index (κ1) is 25.4. The van der Waals surface area contributed by atoms with Crippen LogP contribution in [0.1, 0.15) is 54.5 Å². The van der Waals surface area contributed by atoms with Crippen molar-refractivity contribution in [1.82, 2.24) is 9.73 Å². The first-order valence-corrected chi connectivity index (χ1v) is 13.4. The molecule has 4 N–H and O–H groups in total. The predicted octanol–water partition coefficient (Wildman–Crippen LogP) is 4.45. The molecule has 1 fully saturated rings. The van der Waals surface area contributed by atoms with Crippen LogP contribution in [0.3, 0.4) is 0 Å². The van der Waals surface area contributed by atoms with Crippen LogP contribution < -0.4 is 11.2 Å². The van der Waals surface area contributed by atoms with Crippen LogP contribution in [0, 0.1) is 0 Å². The molecule has 0 heterocycles. The van der Waals surface area contributed by atoms with Gasteiger partial charge in [0.25, 0.3) is 10.0 Å². The molecule has 4 rings (SSSR count). The van der Waals surface area contributed by atoms with E-state index in [1.807, 2.05) is 36.4 Å². The van der Waals surface area contributed by atoms with Gasteiger partial charge in [0, 0.05) is 16.1 Å². The smallest absolute Gasteiger partial charge is 0.255 e. The second-order valence-corrected chi connectivity index (χ2v) is 11.6. The van der Waals surface area contributed by atoms with Crippen LogP contribution in [-0.2, 0) is 16.4 Å². The van der Waals surface area contributed by atoms with Crippen molar-refractivity contribution in [1.29, 1.82) is 0 Å². The molecule has 9 heteroatoms. The lowest BCUT2D eigenvalue weighted by Crippen LogP contribution is -2.59. The van der Waals surface area contributed by atoms with E-state index in [9.17, 15) is 13.5 Å². The Morgan fingerprint density at radius 1 is 1.15 bits per heavy atom. The number of halogens is 2. The maximum absolute atomic E-state index is 12.8. The van der Waals surface area contributed by atoms with E-state index in [1.165, 1.54) is 6.08 Å². The van der Waals surface area contributed by atoms with E-state index in [4.69, 9.17) is 29.0 Å². The maximum atomic E-state index is 12.8. The number of nitrogens with two attached hydrogens (primary N) is 1. The fourth-order valence-corrected chi connectivity index (χ4v) is 6.54. The lowest BCUT2D eigenvalue weighted by molar-refractivity contribution is 0.0251. The number of nitrogens with one attached hydrogen (secondary N) is 1. The molecule has 0 bridgehead atoms. The summed E-state index contributed by atoms with van der Waals surface area (Å²) in [5.41, 5.74) is 4.33. The Hall–Kier alpha value is -1.71. The second kappa shape index (κ2) is 10.1. The summed E-state index contributed by atoms with van der Waals surface area (Å²) in [6, 6.07) is 10.3. The van der Waals surface area contributed by atoms with Crippen LogP contribution in [0.15, 0.2) is 60.0 Å². The van der Waals surface area contributed by atoms with Gasteiger partial charge in [-0.05, 0) is 78.8 Å². The molecule has 2 aliphatic rings. The highest BCUT2D eigenvalue weighted by Gasteiger charge is 2.41. The summed E-state index contributed by atoms with van der Waals surface area (Å²) in [5.74, 6) is 6.06. The molecular weight excluding hydrogens is 493 g/mol. The van der Waals surface area contributed by atoms with Crippen molar-refractivity contribution < 1.29 is 13.5 Å². The van der Waals surface area contributed by atoms with E-state index >= 15 is 0 Å². The molecule has 34 heavy (non-hydrogen) atoms. The predicted molar refractivity (Wildman–Crippen MR) is 137 cm³/mol. The molecule has 0 radical (unpaired) electrons. The van der Waals surface area contributed by atoms with Crippen molar-refractivity contribution in [2.75, 3.05) is 0 Å². The maximum Gasteiger partial charge on any atom is 0.255 e. The number of benzene rings is 2. The Labute approximate surface area is 211 Å². The van der Waals surface area contributed by atoms with Crippen LogP contribution >= 0.6 is 23.2 Å². The molecule has 6 nitrogen and oxygen atoms in total. The Balaban J connectivity index is 1.63. The van der Waals surface area contributed by atoms with Gasteiger partial charge in [0.1, 0.15) is 0 Å². The van der Waals surface area contributed by atoms with Crippen LogP contribution in [0.2, 0.25) is 10.0 Å². The van der Waals surface area contributed by atoms with E-state index in [0.717, 1.165) is 26.7 Å². The van der Waals surface area contributed by atoms with Crippen molar-refractivity contribution in [2.45, 2.75) is 56.8 Å². The van der Waals surface area contributed by atoms with Gasteiger partial charge < -0.3 is 10.4 Å². The van der Waals surface area contributed by atoms with E-state index in [0.29, 0.717) is 35.7 Å². The van der Waals surface area contributed by atoms with Gasteiger partial charge in [-0.2, -0.15) is 0 Å². The minimum Gasteiger partial charge on any atom is -0.390 e. The minimum atomic E-state index is -3.98. The molecule has 3 atom stereocenters. The van der Waals surface area contributed by atoms with Gasteiger partial charge in [-0.25, -0.2) is 8.42 Å². The highest BCUT2D eigenvalue weighted by atomic mass is 35.5. The van der Waals surface area contributed by atoms with Crippen LogP contribution in [0.4, 0.5) is 0 Å². The molecule has 1 saturated carbocycles. The fraction of sp³-hybridized carbons (Fsp3) is 0.360. The molecule has 0 spiro atoms. The number of nitrogens with zero attached hydrogens (tertiary/aromatic N) is 1. The highest BCUT2D eigenvalue weighted by molar-refractivity contribution is 7.93. The topological polar surface area (TPSA) is 95.7 Å². The zero-order valence-corrected chi connectivity index (χ0v) is 21.2. The Kier molecular flexibility index (Phi) is 7.55. The summed E-state index contributed by atoms with van der Waals surface area (Å²) in [6.07, 6.45) is 4.55. The van der Waals surface area contributed by atoms with Gasteiger partial charge in [-0.15, -0.1) is 4.41 Å². The van der Waals surface area contributed by atoms with Gasteiger partial charge >= 0.3 is 0 Å².